The van der Waals surface area contributed by atoms with Crippen molar-refractivity contribution in [3.05, 3.63) is 62.5 Å². The highest BCUT2D eigenvalue weighted by Crippen LogP contribution is 2.36. The van der Waals surface area contributed by atoms with E-state index in [4.69, 9.17) is 28.9 Å². The van der Waals surface area contributed by atoms with Crippen molar-refractivity contribution in [3.8, 4) is 0 Å². The molecule has 2 aromatic carbocycles. The maximum absolute atomic E-state index is 12.1. The average molecular weight is 374 g/mol. The number of anilines is 1. The predicted molar refractivity (Wildman–Crippen MR) is 86.2 cm³/mol. The van der Waals surface area contributed by atoms with E-state index in [2.05, 4.69) is 21.2 Å². The number of carbonyl (C=O) groups excluding carboxylic acids is 1. The molecule has 0 saturated heterocycles. The van der Waals surface area contributed by atoms with Crippen molar-refractivity contribution < 1.29 is 4.79 Å². The average Bonchev–Trinajstić information content (AvgIpc) is 2.48. The fourth-order valence-corrected chi connectivity index (χ4v) is 2.47. The van der Waals surface area contributed by atoms with E-state index in [0.29, 0.717) is 15.2 Å². The Kier molecular flexibility index (Phi) is 5.05. The summed E-state index contributed by atoms with van der Waals surface area (Å²) in [5.74, 6) is -0.350. The first-order valence-corrected chi connectivity index (χ1v) is 7.30. The van der Waals surface area contributed by atoms with E-state index in [-0.39, 0.29) is 10.9 Å². The maximum Gasteiger partial charge on any atom is 0.245 e. The van der Waals surface area contributed by atoms with E-state index >= 15 is 0 Å². The Labute approximate surface area is 135 Å². The van der Waals surface area contributed by atoms with Crippen LogP contribution < -0.4 is 11.1 Å². The fourth-order valence-electron chi connectivity index (χ4n) is 1.64. The molecule has 0 fully saturated rings. The van der Waals surface area contributed by atoms with Gasteiger partial charge in [0.25, 0.3) is 0 Å². The number of nitrogens with one attached hydrogen (secondary N) is 1. The molecule has 20 heavy (non-hydrogen) atoms. The van der Waals surface area contributed by atoms with Gasteiger partial charge in [-0.05, 0) is 33.6 Å². The van der Waals surface area contributed by atoms with Crippen LogP contribution in [-0.4, -0.2) is 5.91 Å². The van der Waals surface area contributed by atoms with Crippen molar-refractivity contribution in [3.63, 3.8) is 0 Å². The van der Waals surface area contributed by atoms with Gasteiger partial charge in [0.15, 0.2) is 0 Å². The number of hydrogen-bond acceptors (Lipinski definition) is 2. The van der Waals surface area contributed by atoms with Crippen molar-refractivity contribution in [2.45, 2.75) is 6.04 Å². The van der Waals surface area contributed by atoms with E-state index in [0.717, 1.165) is 5.56 Å². The molecule has 0 aliphatic rings. The minimum Gasteiger partial charge on any atom is -0.323 e. The molecule has 1 amide bonds. The normalized spacial score (nSPS) is 12.0. The standard InChI is InChI=1S/C14H11BrCl2N2O/c15-9-6-7-10(12(17)11(9)16)19-14(20)13(18)8-4-2-1-3-5-8/h1-7,13H,18H2,(H,19,20)/t13-/m0/s1. The molecule has 2 rings (SSSR count). The van der Waals surface area contributed by atoms with Crippen LogP contribution in [0.2, 0.25) is 10.0 Å². The molecule has 1 atom stereocenters. The van der Waals surface area contributed by atoms with Crippen LogP contribution in [-0.2, 0) is 4.79 Å². The number of hydrogen-bond donors (Lipinski definition) is 2. The molecule has 0 aliphatic carbocycles. The van der Waals surface area contributed by atoms with Gasteiger partial charge in [-0.3, -0.25) is 4.79 Å². The van der Waals surface area contributed by atoms with Gasteiger partial charge in [-0.2, -0.15) is 0 Å². The quantitative estimate of drug-likeness (QED) is 0.783. The summed E-state index contributed by atoms with van der Waals surface area (Å²) in [6, 6.07) is 11.7. The smallest absolute Gasteiger partial charge is 0.245 e. The number of rotatable bonds is 3. The molecule has 0 bridgehead atoms. The van der Waals surface area contributed by atoms with Crippen LogP contribution in [0, 0.1) is 0 Å². The molecule has 0 aromatic heterocycles. The summed E-state index contributed by atoms with van der Waals surface area (Å²) in [6.07, 6.45) is 0. The van der Waals surface area contributed by atoms with E-state index in [1.54, 1.807) is 24.3 Å². The third-order valence-corrected chi connectivity index (χ3v) is 4.51. The van der Waals surface area contributed by atoms with Crippen LogP contribution >= 0.6 is 39.1 Å². The summed E-state index contributed by atoms with van der Waals surface area (Å²) < 4.78 is 0.662. The third kappa shape index (κ3) is 3.33. The van der Waals surface area contributed by atoms with Crippen LogP contribution in [0.4, 0.5) is 5.69 Å². The first-order chi connectivity index (χ1) is 9.50. The molecule has 0 radical (unpaired) electrons. The molecular formula is C14H11BrCl2N2O. The SMILES string of the molecule is N[C@H](C(=O)Nc1ccc(Br)c(Cl)c1Cl)c1ccccc1. The summed E-state index contributed by atoms with van der Waals surface area (Å²) in [5.41, 5.74) is 7.06. The van der Waals surface area contributed by atoms with Crippen LogP contribution in [0.25, 0.3) is 0 Å². The number of amides is 1. The lowest BCUT2D eigenvalue weighted by Gasteiger charge is -2.14. The van der Waals surface area contributed by atoms with Gasteiger partial charge in [0.2, 0.25) is 5.91 Å². The van der Waals surface area contributed by atoms with Crippen LogP contribution in [0.5, 0.6) is 0 Å². The van der Waals surface area contributed by atoms with Crippen molar-refractivity contribution >= 4 is 50.7 Å². The van der Waals surface area contributed by atoms with Gasteiger partial charge in [-0.25, -0.2) is 0 Å². The van der Waals surface area contributed by atoms with Crippen molar-refractivity contribution in [2.75, 3.05) is 5.32 Å². The summed E-state index contributed by atoms with van der Waals surface area (Å²) in [6.45, 7) is 0. The highest BCUT2D eigenvalue weighted by molar-refractivity contribution is 9.10. The zero-order valence-electron chi connectivity index (χ0n) is 10.2. The van der Waals surface area contributed by atoms with E-state index in [9.17, 15) is 4.79 Å². The molecule has 104 valence electrons. The third-order valence-electron chi connectivity index (χ3n) is 2.73. The molecule has 3 nitrogen and oxygen atoms in total. The summed E-state index contributed by atoms with van der Waals surface area (Å²) >= 11 is 15.3. The molecule has 0 aliphatic heterocycles. The van der Waals surface area contributed by atoms with Gasteiger partial charge in [-0.1, -0.05) is 53.5 Å². The molecule has 0 heterocycles. The van der Waals surface area contributed by atoms with Gasteiger partial charge in [-0.15, -0.1) is 0 Å². The monoisotopic (exact) mass is 372 g/mol. The molecule has 0 spiro atoms. The molecule has 0 unspecified atom stereocenters. The minimum absolute atomic E-state index is 0.273. The number of nitrogens with two attached hydrogens (primary N) is 1. The highest BCUT2D eigenvalue weighted by Gasteiger charge is 2.17. The van der Waals surface area contributed by atoms with Crippen LogP contribution in [0.3, 0.4) is 0 Å². The van der Waals surface area contributed by atoms with E-state index in [1.165, 1.54) is 0 Å². The topological polar surface area (TPSA) is 55.1 Å². The molecule has 0 saturated carbocycles. The Balaban J connectivity index is 2.18. The summed E-state index contributed by atoms with van der Waals surface area (Å²) in [7, 11) is 0. The van der Waals surface area contributed by atoms with Crippen molar-refractivity contribution in [1.29, 1.82) is 0 Å². The van der Waals surface area contributed by atoms with Gasteiger partial charge >= 0.3 is 0 Å². The van der Waals surface area contributed by atoms with Crippen LogP contribution in [0.15, 0.2) is 46.9 Å². The number of benzene rings is 2. The predicted octanol–water partition coefficient (Wildman–Crippen LogP) is 4.39. The first-order valence-electron chi connectivity index (χ1n) is 5.75. The Morgan fingerprint density at radius 3 is 2.40 bits per heavy atom. The Bertz CT molecular complexity index is 635. The lowest BCUT2D eigenvalue weighted by atomic mass is 10.1. The molecule has 6 heteroatoms. The molecular weight excluding hydrogens is 363 g/mol. The number of carbonyl (C=O) groups is 1. The van der Waals surface area contributed by atoms with Crippen molar-refractivity contribution in [1.82, 2.24) is 0 Å². The van der Waals surface area contributed by atoms with Gasteiger partial charge in [0.1, 0.15) is 6.04 Å². The number of halogens is 3. The maximum atomic E-state index is 12.1. The zero-order valence-corrected chi connectivity index (χ0v) is 13.3. The van der Waals surface area contributed by atoms with Gasteiger partial charge in [0.05, 0.1) is 15.7 Å². The van der Waals surface area contributed by atoms with Gasteiger partial charge < -0.3 is 11.1 Å². The second kappa shape index (κ2) is 6.59. The first kappa shape index (κ1) is 15.3. The minimum atomic E-state index is -0.769. The fraction of sp³-hybridized carbons (Fsp3) is 0.0714. The second-order valence-electron chi connectivity index (χ2n) is 4.10. The summed E-state index contributed by atoms with van der Waals surface area (Å²) in [4.78, 5) is 12.1. The lowest BCUT2D eigenvalue weighted by Crippen LogP contribution is -2.27. The van der Waals surface area contributed by atoms with E-state index in [1.807, 2.05) is 18.2 Å². The van der Waals surface area contributed by atoms with Crippen LogP contribution in [0.1, 0.15) is 11.6 Å². The summed E-state index contributed by atoms with van der Waals surface area (Å²) in [5, 5.41) is 3.29. The molecule has 3 N–H and O–H groups in total. The lowest BCUT2D eigenvalue weighted by molar-refractivity contribution is -0.117. The second-order valence-corrected chi connectivity index (χ2v) is 5.71. The van der Waals surface area contributed by atoms with E-state index < -0.39 is 6.04 Å². The van der Waals surface area contributed by atoms with Crippen molar-refractivity contribution in [2.24, 2.45) is 5.73 Å². The Hall–Kier alpha value is -1.07. The highest BCUT2D eigenvalue weighted by atomic mass is 79.9. The van der Waals surface area contributed by atoms with Gasteiger partial charge in [0, 0.05) is 4.47 Å². The zero-order chi connectivity index (χ0) is 14.7. The molecule has 2 aromatic rings. The Morgan fingerprint density at radius 2 is 1.75 bits per heavy atom. The largest absolute Gasteiger partial charge is 0.323 e. The Morgan fingerprint density at radius 1 is 1.10 bits per heavy atom.